The summed E-state index contributed by atoms with van der Waals surface area (Å²) in [6.07, 6.45) is 0. The van der Waals surface area contributed by atoms with Crippen LogP contribution >= 0.6 is 15.9 Å². The molecule has 1 amide bonds. The minimum Gasteiger partial charge on any atom is -0.451 e. The molecule has 0 fully saturated rings. The summed E-state index contributed by atoms with van der Waals surface area (Å²) < 4.78 is 6.54. The molecule has 0 atom stereocenters. The zero-order chi connectivity index (χ0) is 17.4. The number of nitrogens with one attached hydrogen (secondary N) is 2. The number of rotatable bonds is 3. The predicted octanol–water partition coefficient (Wildman–Crippen LogP) is 4.54. The van der Waals surface area contributed by atoms with Crippen LogP contribution in [0, 0.1) is 6.92 Å². The number of nitrogens with zero attached hydrogens (tertiary/aromatic N) is 2. The molecule has 0 spiro atoms. The fourth-order valence-corrected chi connectivity index (χ4v) is 3.11. The Hall–Kier alpha value is -2.93. The van der Waals surface area contributed by atoms with E-state index < -0.39 is 0 Å². The van der Waals surface area contributed by atoms with Crippen molar-refractivity contribution in [1.29, 1.82) is 0 Å². The zero-order valence-corrected chi connectivity index (χ0v) is 14.8. The van der Waals surface area contributed by atoms with E-state index in [0.717, 1.165) is 21.0 Å². The third kappa shape index (κ3) is 2.83. The van der Waals surface area contributed by atoms with Crippen molar-refractivity contribution in [2.75, 3.05) is 5.32 Å². The third-order valence-corrected chi connectivity index (χ3v) is 4.58. The van der Waals surface area contributed by atoms with Gasteiger partial charge in [0.2, 0.25) is 5.95 Å². The van der Waals surface area contributed by atoms with Crippen molar-refractivity contribution >= 4 is 38.8 Å². The van der Waals surface area contributed by atoms with E-state index in [1.807, 2.05) is 55.5 Å². The number of carbonyl (C=O) groups excluding carboxylic acids is 1. The SMILES string of the molecule is Cc1c(C(=O)Nc2n[nH]c(-c3ccccc3Br)n2)oc2ccccc12. The van der Waals surface area contributed by atoms with Gasteiger partial charge in [0.1, 0.15) is 5.58 Å². The Morgan fingerprint density at radius 3 is 2.72 bits per heavy atom. The summed E-state index contributed by atoms with van der Waals surface area (Å²) >= 11 is 3.47. The number of hydrogen-bond acceptors (Lipinski definition) is 4. The number of halogens is 1. The summed E-state index contributed by atoms with van der Waals surface area (Å²) in [6, 6.07) is 15.2. The number of para-hydroxylation sites is 1. The highest BCUT2D eigenvalue weighted by molar-refractivity contribution is 9.10. The first-order chi connectivity index (χ1) is 12.1. The fourth-order valence-electron chi connectivity index (χ4n) is 2.64. The molecular formula is C18H13BrN4O2. The molecule has 0 bridgehead atoms. The number of aryl methyl sites for hydroxylation is 1. The third-order valence-electron chi connectivity index (χ3n) is 3.89. The van der Waals surface area contributed by atoms with Gasteiger partial charge in [-0.1, -0.05) is 52.3 Å². The number of benzene rings is 2. The van der Waals surface area contributed by atoms with Crippen LogP contribution in [0.5, 0.6) is 0 Å². The van der Waals surface area contributed by atoms with Gasteiger partial charge in [-0.3, -0.25) is 15.2 Å². The molecule has 2 aromatic carbocycles. The van der Waals surface area contributed by atoms with E-state index in [1.165, 1.54) is 0 Å². The lowest BCUT2D eigenvalue weighted by Gasteiger charge is -1.99. The maximum atomic E-state index is 12.5. The van der Waals surface area contributed by atoms with Gasteiger partial charge in [-0.2, -0.15) is 4.98 Å². The highest BCUT2D eigenvalue weighted by Gasteiger charge is 2.19. The molecule has 4 aromatic rings. The summed E-state index contributed by atoms with van der Waals surface area (Å²) in [6.45, 7) is 1.85. The second kappa shape index (κ2) is 6.18. The van der Waals surface area contributed by atoms with Crippen molar-refractivity contribution in [3.05, 3.63) is 64.3 Å². The molecule has 0 aliphatic carbocycles. The van der Waals surface area contributed by atoms with Crippen LogP contribution in [0.2, 0.25) is 0 Å². The molecule has 0 radical (unpaired) electrons. The Morgan fingerprint density at radius 1 is 1.16 bits per heavy atom. The second-order valence-corrected chi connectivity index (χ2v) is 6.35. The van der Waals surface area contributed by atoms with Crippen molar-refractivity contribution < 1.29 is 9.21 Å². The molecule has 0 aliphatic heterocycles. The summed E-state index contributed by atoms with van der Waals surface area (Å²) in [5.41, 5.74) is 2.32. The van der Waals surface area contributed by atoms with Crippen molar-refractivity contribution in [2.24, 2.45) is 0 Å². The first kappa shape index (κ1) is 15.6. The topological polar surface area (TPSA) is 83.8 Å². The number of aromatic amines is 1. The molecular weight excluding hydrogens is 384 g/mol. The summed E-state index contributed by atoms with van der Waals surface area (Å²) in [7, 11) is 0. The van der Waals surface area contributed by atoms with E-state index in [1.54, 1.807) is 0 Å². The summed E-state index contributed by atoms with van der Waals surface area (Å²) in [4.78, 5) is 16.8. The lowest BCUT2D eigenvalue weighted by Crippen LogP contribution is -2.13. The molecule has 4 rings (SSSR count). The smallest absolute Gasteiger partial charge is 0.294 e. The summed E-state index contributed by atoms with van der Waals surface area (Å²) in [5, 5.41) is 10.5. The quantitative estimate of drug-likeness (QED) is 0.532. The van der Waals surface area contributed by atoms with Crippen molar-refractivity contribution in [2.45, 2.75) is 6.92 Å². The summed E-state index contributed by atoms with van der Waals surface area (Å²) in [5.74, 6) is 0.625. The Morgan fingerprint density at radius 2 is 1.92 bits per heavy atom. The van der Waals surface area contributed by atoms with Crippen LogP contribution in [0.4, 0.5) is 5.95 Å². The maximum absolute atomic E-state index is 12.5. The highest BCUT2D eigenvalue weighted by Crippen LogP contribution is 2.27. The normalized spacial score (nSPS) is 11.0. The van der Waals surface area contributed by atoms with Gasteiger partial charge in [0.05, 0.1) is 0 Å². The van der Waals surface area contributed by atoms with Crippen LogP contribution in [0.25, 0.3) is 22.4 Å². The predicted molar refractivity (Wildman–Crippen MR) is 98.4 cm³/mol. The van der Waals surface area contributed by atoms with Gasteiger partial charge in [-0.25, -0.2) is 0 Å². The van der Waals surface area contributed by atoms with Crippen LogP contribution in [0.3, 0.4) is 0 Å². The first-order valence-corrected chi connectivity index (χ1v) is 8.39. The van der Waals surface area contributed by atoms with Gasteiger partial charge < -0.3 is 4.42 Å². The average Bonchev–Trinajstić information content (AvgIpc) is 3.20. The minimum atomic E-state index is -0.383. The highest BCUT2D eigenvalue weighted by atomic mass is 79.9. The minimum absolute atomic E-state index is 0.190. The van der Waals surface area contributed by atoms with Crippen LogP contribution in [-0.4, -0.2) is 21.1 Å². The molecule has 2 N–H and O–H groups in total. The molecule has 2 aromatic heterocycles. The zero-order valence-electron chi connectivity index (χ0n) is 13.2. The van der Waals surface area contributed by atoms with E-state index in [9.17, 15) is 4.79 Å². The van der Waals surface area contributed by atoms with Crippen LogP contribution in [-0.2, 0) is 0 Å². The fraction of sp³-hybridized carbons (Fsp3) is 0.0556. The van der Waals surface area contributed by atoms with Crippen LogP contribution < -0.4 is 5.32 Å². The van der Waals surface area contributed by atoms with E-state index in [-0.39, 0.29) is 17.6 Å². The van der Waals surface area contributed by atoms with Crippen molar-refractivity contribution in [3.63, 3.8) is 0 Å². The Balaban J connectivity index is 1.61. The molecule has 0 unspecified atom stereocenters. The van der Waals surface area contributed by atoms with E-state index in [2.05, 4.69) is 36.4 Å². The number of hydrogen-bond donors (Lipinski definition) is 2. The molecule has 0 aliphatic rings. The standard InChI is InChI=1S/C18H13BrN4O2/c1-10-11-6-3-5-9-14(11)25-15(10)17(24)21-18-20-16(22-23-18)12-7-2-4-8-13(12)19/h2-9H,1H3,(H2,20,21,22,23,24). The lowest BCUT2D eigenvalue weighted by molar-refractivity contribution is 0.0997. The second-order valence-electron chi connectivity index (χ2n) is 5.49. The maximum Gasteiger partial charge on any atom is 0.294 e. The molecule has 0 saturated heterocycles. The van der Waals surface area contributed by atoms with Crippen LogP contribution in [0.15, 0.2) is 57.4 Å². The molecule has 25 heavy (non-hydrogen) atoms. The number of aromatic nitrogens is 3. The Labute approximate surface area is 151 Å². The van der Waals surface area contributed by atoms with E-state index >= 15 is 0 Å². The van der Waals surface area contributed by atoms with Gasteiger partial charge in [0.25, 0.3) is 5.91 Å². The number of amides is 1. The largest absolute Gasteiger partial charge is 0.451 e. The Kier molecular flexibility index (Phi) is 3.85. The molecule has 124 valence electrons. The number of furan rings is 1. The van der Waals surface area contributed by atoms with Gasteiger partial charge in [0.15, 0.2) is 11.6 Å². The lowest BCUT2D eigenvalue weighted by atomic mass is 10.1. The Bertz CT molecular complexity index is 1080. The van der Waals surface area contributed by atoms with Gasteiger partial charge in [-0.05, 0) is 19.1 Å². The molecule has 6 nitrogen and oxygen atoms in total. The van der Waals surface area contributed by atoms with Crippen molar-refractivity contribution in [1.82, 2.24) is 15.2 Å². The molecule has 2 heterocycles. The van der Waals surface area contributed by atoms with Gasteiger partial charge in [-0.15, -0.1) is 5.10 Å². The van der Waals surface area contributed by atoms with E-state index in [0.29, 0.717) is 11.4 Å². The van der Waals surface area contributed by atoms with Gasteiger partial charge in [0, 0.05) is 21.0 Å². The number of fused-ring (bicyclic) bond motifs is 1. The monoisotopic (exact) mass is 396 g/mol. The van der Waals surface area contributed by atoms with Crippen molar-refractivity contribution in [3.8, 4) is 11.4 Å². The number of anilines is 1. The molecule has 7 heteroatoms. The number of H-pyrrole nitrogens is 1. The first-order valence-electron chi connectivity index (χ1n) is 7.60. The van der Waals surface area contributed by atoms with Gasteiger partial charge >= 0.3 is 0 Å². The average molecular weight is 397 g/mol. The van der Waals surface area contributed by atoms with Crippen LogP contribution in [0.1, 0.15) is 16.1 Å². The number of carbonyl (C=O) groups is 1. The molecule has 0 saturated carbocycles. The van der Waals surface area contributed by atoms with E-state index in [4.69, 9.17) is 4.42 Å².